The Balaban J connectivity index is 1.74. The van der Waals surface area contributed by atoms with E-state index in [4.69, 9.17) is 0 Å². The van der Waals surface area contributed by atoms with Crippen molar-refractivity contribution in [2.45, 2.75) is 24.5 Å². The van der Waals surface area contributed by atoms with Gasteiger partial charge in [-0.05, 0) is 44.2 Å². The fourth-order valence-corrected chi connectivity index (χ4v) is 5.05. The number of anilines is 1. The summed E-state index contributed by atoms with van der Waals surface area (Å²) >= 11 is 0.974. The third kappa shape index (κ3) is 4.69. The molecular weight excluding hydrogens is 408 g/mol. The van der Waals surface area contributed by atoms with Crippen molar-refractivity contribution in [2.75, 3.05) is 19.0 Å². The number of carbonyl (C=O) groups excluding carboxylic acids is 1. The van der Waals surface area contributed by atoms with Gasteiger partial charge < -0.3 is 0 Å². The lowest BCUT2D eigenvalue weighted by Gasteiger charge is -2.14. The molecule has 0 spiro atoms. The molecule has 152 valence electrons. The minimum absolute atomic E-state index is 0.115. The predicted octanol–water partition coefficient (Wildman–Crippen LogP) is 2.94. The molecule has 0 aliphatic rings. The van der Waals surface area contributed by atoms with Gasteiger partial charge in [0.1, 0.15) is 0 Å². The first kappa shape index (κ1) is 21.1. The lowest BCUT2D eigenvalue weighted by Crippen LogP contribution is -2.27. The Kier molecular flexibility index (Phi) is 6.11. The summed E-state index contributed by atoms with van der Waals surface area (Å²) in [5.41, 5.74) is 4.23. The molecule has 9 heteroatoms. The van der Waals surface area contributed by atoms with E-state index in [0.717, 1.165) is 33.7 Å². The largest absolute Gasteiger partial charge is 0.291 e. The van der Waals surface area contributed by atoms with Crippen LogP contribution in [0.3, 0.4) is 0 Å². The number of carbonyl (C=O) groups is 1. The van der Waals surface area contributed by atoms with E-state index in [-0.39, 0.29) is 16.5 Å². The molecule has 7 nitrogen and oxygen atoms in total. The molecule has 1 N–H and O–H groups in total. The maximum absolute atomic E-state index is 12.7. The van der Waals surface area contributed by atoms with Crippen LogP contribution in [0.2, 0.25) is 0 Å². The Hall–Kier alpha value is -2.62. The van der Waals surface area contributed by atoms with E-state index in [1.807, 2.05) is 43.3 Å². The third-order valence-corrected chi connectivity index (χ3v) is 7.69. The maximum atomic E-state index is 12.7. The summed E-state index contributed by atoms with van der Waals surface area (Å²) in [6, 6.07) is 11.6. The van der Waals surface area contributed by atoms with Crippen molar-refractivity contribution in [3.8, 4) is 11.3 Å². The van der Waals surface area contributed by atoms with Crippen molar-refractivity contribution >= 4 is 32.4 Å². The standard InChI is InChI=1S/C20H22N4O3S2/c1-13-9-10-22-17(11-13)16-7-5-15(6-8-16)12-18(25)24(4)20-23-14(2)19(28-20)29(26,27)21-3/h5-11,21H,12H2,1-4H3. The highest BCUT2D eigenvalue weighted by atomic mass is 32.2. The zero-order valence-electron chi connectivity index (χ0n) is 16.6. The summed E-state index contributed by atoms with van der Waals surface area (Å²) < 4.78 is 26.5. The SMILES string of the molecule is CNS(=O)(=O)c1sc(N(C)C(=O)Cc2ccc(-c3cc(C)ccn3)cc2)nc1C. The molecule has 1 aromatic carbocycles. The van der Waals surface area contributed by atoms with Gasteiger partial charge in [-0.1, -0.05) is 35.6 Å². The van der Waals surface area contributed by atoms with Gasteiger partial charge in [0.2, 0.25) is 5.91 Å². The second-order valence-electron chi connectivity index (χ2n) is 6.62. The van der Waals surface area contributed by atoms with Crippen LogP contribution in [0.15, 0.2) is 46.8 Å². The van der Waals surface area contributed by atoms with E-state index in [1.165, 1.54) is 11.9 Å². The van der Waals surface area contributed by atoms with Gasteiger partial charge in [-0.15, -0.1) is 0 Å². The minimum atomic E-state index is -3.60. The van der Waals surface area contributed by atoms with Crippen molar-refractivity contribution in [1.29, 1.82) is 0 Å². The number of sulfonamides is 1. The second-order valence-corrected chi connectivity index (χ2v) is 9.68. The van der Waals surface area contributed by atoms with Gasteiger partial charge in [0.25, 0.3) is 10.0 Å². The molecule has 0 atom stereocenters. The van der Waals surface area contributed by atoms with Gasteiger partial charge in [0, 0.05) is 18.8 Å². The summed E-state index contributed by atoms with van der Waals surface area (Å²) in [4.78, 5) is 22.7. The van der Waals surface area contributed by atoms with E-state index in [1.54, 1.807) is 20.2 Å². The number of aryl methyl sites for hydroxylation is 2. The Labute approximate surface area is 174 Å². The zero-order valence-corrected chi connectivity index (χ0v) is 18.3. The first-order chi connectivity index (χ1) is 13.7. The van der Waals surface area contributed by atoms with Crippen molar-refractivity contribution in [2.24, 2.45) is 0 Å². The van der Waals surface area contributed by atoms with Crippen LogP contribution in [0, 0.1) is 13.8 Å². The number of hydrogen-bond donors (Lipinski definition) is 1. The van der Waals surface area contributed by atoms with Crippen LogP contribution in [-0.2, 0) is 21.2 Å². The molecule has 0 fully saturated rings. The maximum Gasteiger partial charge on any atom is 0.251 e. The van der Waals surface area contributed by atoms with E-state index in [2.05, 4.69) is 14.7 Å². The Morgan fingerprint density at radius 2 is 1.86 bits per heavy atom. The monoisotopic (exact) mass is 430 g/mol. The average molecular weight is 431 g/mol. The summed E-state index contributed by atoms with van der Waals surface area (Å²) in [6.45, 7) is 3.63. The van der Waals surface area contributed by atoms with Crippen LogP contribution in [0.1, 0.15) is 16.8 Å². The highest BCUT2D eigenvalue weighted by molar-refractivity contribution is 7.91. The molecule has 29 heavy (non-hydrogen) atoms. The molecule has 0 aliphatic carbocycles. The average Bonchev–Trinajstić information content (AvgIpc) is 3.10. The number of amides is 1. The number of nitrogens with zero attached hydrogens (tertiary/aromatic N) is 3. The Bertz CT molecular complexity index is 1140. The third-order valence-electron chi connectivity index (χ3n) is 4.44. The molecule has 0 bridgehead atoms. The molecular formula is C20H22N4O3S2. The molecule has 0 radical (unpaired) electrons. The number of hydrogen-bond acceptors (Lipinski definition) is 6. The lowest BCUT2D eigenvalue weighted by molar-refractivity contribution is -0.117. The molecule has 3 aromatic rings. The Morgan fingerprint density at radius 1 is 1.17 bits per heavy atom. The smallest absolute Gasteiger partial charge is 0.251 e. The zero-order chi connectivity index (χ0) is 21.2. The van der Waals surface area contributed by atoms with Gasteiger partial charge in [0.05, 0.1) is 17.8 Å². The topological polar surface area (TPSA) is 92.3 Å². The quantitative estimate of drug-likeness (QED) is 0.649. The van der Waals surface area contributed by atoms with Gasteiger partial charge in [-0.25, -0.2) is 18.1 Å². The minimum Gasteiger partial charge on any atom is -0.291 e. The number of thiazole rings is 1. The second kappa shape index (κ2) is 8.40. The summed E-state index contributed by atoms with van der Waals surface area (Å²) in [5, 5.41) is 0.349. The van der Waals surface area contributed by atoms with Crippen LogP contribution in [0.4, 0.5) is 5.13 Å². The van der Waals surface area contributed by atoms with Gasteiger partial charge >= 0.3 is 0 Å². The molecule has 3 rings (SSSR count). The first-order valence-electron chi connectivity index (χ1n) is 8.91. The van der Waals surface area contributed by atoms with Gasteiger partial charge in [-0.2, -0.15) is 0 Å². The molecule has 2 heterocycles. The number of aromatic nitrogens is 2. The van der Waals surface area contributed by atoms with E-state index in [9.17, 15) is 13.2 Å². The summed E-state index contributed by atoms with van der Waals surface area (Å²) in [6.07, 6.45) is 1.96. The molecule has 2 aromatic heterocycles. The number of rotatable bonds is 6. The highest BCUT2D eigenvalue weighted by Gasteiger charge is 2.23. The summed E-state index contributed by atoms with van der Waals surface area (Å²) in [7, 11) is -0.653. The molecule has 0 aliphatic heterocycles. The van der Waals surface area contributed by atoms with Crippen LogP contribution in [-0.4, -0.2) is 38.4 Å². The molecule has 0 saturated carbocycles. The summed E-state index contributed by atoms with van der Waals surface area (Å²) in [5.74, 6) is -0.173. The highest BCUT2D eigenvalue weighted by Crippen LogP contribution is 2.29. The number of pyridine rings is 1. The molecule has 0 unspecified atom stereocenters. The molecule has 0 saturated heterocycles. The van der Waals surface area contributed by atoms with E-state index >= 15 is 0 Å². The first-order valence-corrected chi connectivity index (χ1v) is 11.2. The van der Waals surface area contributed by atoms with E-state index in [0.29, 0.717) is 10.8 Å². The van der Waals surface area contributed by atoms with Crippen LogP contribution in [0.5, 0.6) is 0 Å². The normalized spacial score (nSPS) is 11.4. The number of nitrogens with one attached hydrogen (secondary N) is 1. The van der Waals surface area contributed by atoms with Gasteiger partial charge in [-0.3, -0.25) is 14.7 Å². The lowest BCUT2D eigenvalue weighted by atomic mass is 10.1. The number of benzene rings is 1. The van der Waals surface area contributed by atoms with Crippen LogP contribution in [0.25, 0.3) is 11.3 Å². The Morgan fingerprint density at radius 3 is 2.48 bits per heavy atom. The van der Waals surface area contributed by atoms with Crippen LogP contribution >= 0.6 is 11.3 Å². The molecule has 1 amide bonds. The fraction of sp³-hybridized carbons (Fsp3) is 0.250. The van der Waals surface area contributed by atoms with Gasteiger partial charge in [0.15, 0.2) is 9.34 Å². The van der Waals surface area contributed by atoms with Crippen molar-refractivity contribution in [3.05, 3.63) is 59.4 Å². The predicted molar refractivity (Wildman–Crippen MR) is 115 cm³/mol. The number of likely N-dealkylation sites (N-methyl/N-ethyl adjacent to an activating group) is 1. The van der Waals surface area contributed by atoms with Crippen LogP contribution < -0.4 is 9.62 Å². The van der Waals surface area contributed by atoms with Crippen molar-refractivity contribution in [1.82, 2.24) is 14.7 Å². The van der Waals surface area contributed by atoms with Crippen molar-refractivity contribution < 1.29 is 13.2 Å². The fourth-order valence-electron chi connectivity index (χ4n) is 2.74. The van der Waals surface area contributed by atoms with Crippen molar-refractivity contribution in [3.63, 3.8) is 0 Å². The van der Waals surface area contributed by atoms with E-state index < -0.39 is 10.0 Å².